The molecule has 0 bridgehead atoms. The third kappa shape index (κ3) is 9.46. The highest BCUT2D eigenvalue weighted by molar-refractivity contribution is 5.48. The van der Waals surface area contributed by atoms with E-state index in [2.05, 4.69) is 36.5 Å². The second kappa shape index (κ2) is 11.9. The van der Waals surface area contributed by atoms with E-state index in [9.17, 15) is 0 Å². The van der Waals surface area contributed by atoms with Crippen molar-refractivity contribution >= 4 is 6.08 Å². The van der Waals surface area contributed by atoms with Crippen LogP contribution in [0.15, 0.2) is 36.4 Å². The van der Waals surface area contributed by atoms with E-state index in [1.807, 2.05) is 18.2 Å². The molecular weight excluding hydrogens is 234 g/mol. The molecule has 0 aliphatic heterocycles. The molecular formula is C17H27NO. The van der Waals surface area contributed by atoms with Crippen molar-refractivity contribution in [1.82, 2.24) is 5.32 Å². The zero-order valence-corrected chi connectivity index (χ0v) is 12.1. The first-order valence-corrected chi connectivity index (χ1v) is 7.43. The Bertz CT molecular complexity index is 321. The van der Waals surface area contributed by atoms with E-state index in [4.69, 9.17) is 4.74 Å². The zero-order chi connectivity index (χ0) is 13.6. The molecule has 0 aliphatic rings. The number of hydrogen-bond acceptors (Lipinski definition) is 2. The fourth-order valence-electron chi connectivity index (χ4n) is 1.85. The van der Waals surface area contributed by atoms with Gasteiger partial charge in [0.05, 0.1) is 13.2 Å². The zero-order valence-electron chi connectivity index (χ0n) is 12.1. The summed E-state index contributed by atoms with van der Waals surface area (Å²) in [5.74, 6) is 0. The monoisotopic (exact) mass is 261 g/mol. The van der Waals surface area contributed by atoms with E-state index >= 15 is 0 Å². The molecule has 0 atom stereocenters. The Morgan fingerprint density at radius 1 is 1.05 bits per heavy atom. The van der Waals surface area contributed by atoms with Gasteiger partial charge in [-0.2, -0.15) is 0 Å². The number of rotatable bonds is 11. The number of hydrogen-bond donors (Lipinski definition) is 1. The van der Waals surface area contributed by atoms with Crippen molar-refractivity contribution in [2.75, 3.05) is 26.3 Å². The van der Waals surface area contributed by atoms with Crippen LogP contribution in [0.5, 0.6) is 0 Å². The van der Waals surface area contributed by atoms with Crippen LogP contribution in [0.25, 0.3) is 6.08 Å². The maximum atomic E-state index is 5.53. The summed E-state index contributed by atoms with van der Waals surface area (Å²) in [6, 6.07) is 10.3. The number of nitrogens with one attached hydrogen (secondary N) is 1. The molecule has 1 aromatic carbocycles. The van der Waals surface area contributed by atoms with Gasteiger partial charge < -0.3 is 10.1 Å². The van der Waals surface area contributed by atoms with Gasteiger partial charge in [-0.15, -0.1) is 0 Å². The van der Waals surface area contributed by atoms with Crippen LogP contribution in [0.4, 0.5) is 0 Å². The van der Waals surface area contributed by atoms with E-state index < -0.39 is 0 Å². The quantitative estimate of drug-likeness (QED) is 0.610. The summed E-state index contributed by atoms with van der Waals surface area (Å²) < 4.78 is 5.53. The van der Waals surface area contributed by atoms with E-state index in [0.29, 0.717) is 6.61 Å². The third-order valence-corrected chi connectivity index (χ3v) is 2.95. The Hall–Kier alpha value is -1.12. The molecule has 2 heteroatoms. The predicted octanol–water partition coefficient (Wildman–Crippen LogP) is 3.89. The highest BCUT2D eigenvalue weighted by Crippen LogP contribution is 2.00. The molecule has 0 fully saturated rings. The second-order valence-corrected chi connectivity index (χ2v) is 4.70. The number of unbranched alkanes of at least 4 members (excludes halogenated alkanes) is 3. The summed E-state index contributed by atoms with van der Waals surface area (Å²) in [5.41, 5.74) is 1.22. The molecule has 106 valence electrons. The molecule has 0 radical (unpaired) electrons. The molecule has 19 heavy (non-hydrogen) atoms. The van der Waals surface area contributed by atoms with Gasteiger partial charge in [0.25, 0.3) is 0 Å². The number of benzene rings is 1. The lowest BCUT2D eigenvalue weighted by Gasteiger charge is -2.04. The van der Waals surface area contributed by atoms with Gasteiger partial charge in [0, 0.05) is 6.54 Å². The molecule has 0 spiro atoms. The van der Waals surface area contributed by atoms with E-state index in [1.165, 1.54) is 31.2 Å². The fraction of sp³-hybridized carbons (Fsp3) is 0.529. The van der Waals surface area contributed by atoms with Crippen molar-refractivity contribution < 1.29 is 4.74 Å². The van der Waals surface area contributed by atoms with Crippen molar-refractivity contribution in [3.05, 3.63) is 42.0 Å². The summed E-state index contributed by atoms with van der Waals surface area (Å²) in [7, 11) is 0. The van der Waals surface area contributed by atoms with Gasteiger partial charge in [0.1, 0.15) is 0 Å². The van der Waals surface area contributed by atoms with Crippen LogP contribution in [0.3, 0.4) is 0 Å². The minimum Gasteiger partial charge on any atom is -0.376 e. The Kier molecular flexibility index (Phi) is 10.0. The minimum atomic E-state index is 0.687. The van der Waals surface area contributed by atoms with E-state index in [0.717, 1.165) is 19.7 Å². The summed E-state index contributed by atoms with van der Waals surface area (Å²) in [6.45, 7) is 5.78. The van der Waals surface area contributed by atoms with Gasteiger partial charge in [0.15, 0.2) is 0 Å². The molecule has 0 saturated carbocycles. The summed E-state index contributed by atoms with van der Waals surface area (Å²) in [6.07, 6.45) is 9.43. The summed E-state index contributed by atoms with van der Waals surface area (Å²) in [4.78, 5) is 0. The Labute approximate surface area is 117 Å². The van der Waals surface area contributed by atoms with Gasteiger partial charge in [0.2, 0.25) is 0 Å². The third-order valence-electron chi connectivity index (χ3n) is 2.95. The topological polar surface area (TPSA) is 21.3 Å². The SMILES string of the molecule is CCCCCCNCCOCC=Cc1ccccc1. The Balaban J connectivity index is 1.87. The van der Waals surface area contributed by atoms with Crippen molar-refractivity contribution in [3.8, 4) is 0 Å². The van der Waals surface area contributed by atoms with Crippen molar-refractivity contribution in [1.29, 1.82) is 0 Å². The van der Waals surface area contributed by atoms with Crippen molar-refractivity contribution in [2.24, 2.45) is 0 Å². The highest BCUT2D eigenvalue weighted by Gasteiger charge is 1.89. The van der Waals surface area contributed by atoms with E-state index in [1.54, 1.807) is 0 Å². The Morgan fingerprint density at radius 3 is 2.68 bits per heavy atom. The highest BCUT2D eigenvalue weighted by atomic mass is 16.5. The van der Waals surface area contributed by atoms with Crippen LogP contribution in [-0.2, 0) is 4.74 Å². The molecule has 0 aliphatic carbocycles. The van der Waals surface area contributed by atoms with Crippen molar-refractivity contribution in [3.63, 3.8) is 0 Å². The molecule has 0 unspecified atom stereocenters. The molecule has 0 aromatic heterocycles. The molecule has 1 aromatic rings. The molecule has 1 rings (SSSR count). The van der Waals surface area contributed by atoms with Crippen molar-refractivity contribution in [2.45, 2.75) is 32.6 Å². The van der Waals surface area contributed by atoms with Crippen LogP contribution in [0.1, 0.15) is 38.2 Å². The fourth-order valence-corrected chi connectivity index (χ4v) is 1.85. The molecule has 0 amide bonds. The van der Waals surface area contributed by atoms with Gasteiger partial charge >= 0.3 is 0 Å². The van der Waals surface area contributed by atoms with Crippen LogP contribution in [-0.4, -0.2) is 26.3 Å². The van der Waals surface area contributed by atoms with Crippen LogP contribution in [0.2, 0.25) is 0 Å². The minimum absolute atomic E-state index is 0.687. The lowest BCUT2D eigenvalue weighted by Crippen LogP contribution is -2.20. The van der Waals surface area contributed by atoms with Gasteiger partial charge in [-0.05, 0) is 18.5 Å². The molecule has 0 saturated heterocycles. The average molecular weight is 261 g/mol. The van der Waals surface area contributed by atoms with Crippen LogP contribution in [0, 0.1) is 0 Å². The first-order valence-electron chi connectivity index (χ1n) is 7.43. The first-order chi connectivity index (χ1) is 9.43. The molecule has 1 N–H and O–H groups in total. The van der Waals surface area contributed by atoms with Gasteiger partial charge in [-0.25, -0.2) is 0 Å². The largest absolute Gasteiger partial charge is 0.376 e. The second-order valence-electron chi connectivity index (χ2n) is 4.70. The maximum Gasteiger partial charge on any atom is 0.0651 e. The van der Waals surface area contributed by atoms with Crippen LogP contribution < -0.4 is 5.32 Å². The predicted molar refractivity (Wildman–Crippen MR) is 83.3 cm³/mol. The molecule has 2 nitrogen and oxygen atoms in total. The first kappa shape index (κ1) is 15.9. The smallest absolute Gasteiger partial charge is 0.0651 e. The summed E-state index contributed by atoms with van der Waals surface area (Å²) in [5, 5.41) is 3.40. The van der Waals surface area contributed by atoms with Gasteiger partial charge in [-0.1, -0.05) is 68.7 Å². The average Bonchev–Trinajstić information content (AvgIpc) is 2.46. The van der Waals surface area contributed by atoms with E-state index in [-0.39, 0.29) is 0 Å². The lowest BCUT2D eigenvalue weighted by molar-refractivity contribution is 0.164. The lowest BCUT2D eigenvalue weighted by atomic mass is 10.2. The Morgan fingerprint density at radius 2 is 1.89 bits per heavy atom. The standard InChI is InChI=1S/C17H27NO/c1-2-3-4-8-13-18-14-16-19-15-9-12-17-10-6-5-7-11-17/h5-7,9-12,18H,2-4,8,13-16H2,1H3. The maximum absolute atomic E-state index is 5.53. The van der Waals surface area contributed by atoms with Crippen LogP contribution >= 0.6 is 0 Å². The normalized spacial score (nSPS) is 11.2. The molecule has 0 heterocycles. The van der Waals surface area contributed by atoms with Gasteiger partial charge in [-0.3, -0.25) is 0 Å². The summed E-state index contributed by atoms with van der Waals surface area (Å²) >= 11 is 0. The number of ether oxygens (including phenoxy) is 1.